The Morgan fingerprint density at radius 3 is 2.42 bits per heavy atom. The Morgan fingerprint density at radius 2 is 1.76 bits per heavy atom. The molecule has 2 aromatic heterocycles. The lowest BCUT2D eigenvalue weighted by Gasteiger charge is -2.36. The number of aliphatic hydroxyl groups is 2. The smallest absolute Gasteiger partial charge is 0.274 e. The normalized spacial score (nSPS) is 22.5. The Kier molecular flexibility index (Phi) is 18.1. The molecule has 0 bridgehead atoms. The Hall–Kier alpha value is -3.03. The summed E-state index contributed by atoms with van der Waals surface area (Å²) in [6.45, 7) is 2.95. The van der Waals surface area contributed by atoms with Crippen LogP contribution in [0.5, 0.6) is 0 Å². The van der Waals surface area contributed by atoms with Crippen LogP contribution in [0.15, 0.2) is 24.8 Å². The lowest BCUT2D eigenvalue weighted by Crippen LogP contribution is -2.46. The summed E-state index contributed by atoms with van der Waals surface area (Å²) < 4.78 is 61.1. The summed E-state index contributed by atoms with van der Waals surface area (Å²) in [6.07, 6.45) is -2.00. The first-order chi connectivity index (χ1) is 27.3. The molecule has 29 heteroatoms. The van der Waals surface area contributed by atoms with Crippen LogP contribution in [0.1, 0.15) is 53.4 Å². The van der Waals surface area contributed by atoms with Gasteiger partial charge in [-0.15, -0.1) is 0 Å². The first-order valence-corrected chi connectivity index (χ1v) is 22.8. The van der Waals surface area contributed by atoms with Gasteiger partial charge in [0, 0.05) is 37.1 Å². The molecule has 3 heterocycles. The first-order valence-electron chi connectivity index (χ1n) is 17.5. The van der Waals surface area contributed by atoms with E-state index in [2.05, 4.69) is 43.5 Å². The van der Waals surface area contributed by atoms with Crippen molar-refractivity contribution in [3.05, 3.63) is 24.8 Å². The molecule has 3 rings (SSSR count). The summed E-state index contributed by atoms with van der Waals surface area (Å²) in [5, 5.41) is 26.1. The number of Topliss-reactive ketones (excluding diaryl/α,β-unsaturated/α-hetero) is 1. The number of rotatable bonds is 24. The van der Waals surface area contributed by atoms with Crippen LogP contribution < -0.4 is 35.9 Å². The van der Waals surface area contributed by atoms with E-state index in [-0.39, 0.29) is 66.0 Å². The van der Waals surface area contributed by atoms with Gasteiger partial charge >= 0.3 is 0 Å². The third kappa shape index (κ3) is 15.1. The number of nitrogens with zero attached hydrogens (tertiary/aromatic N) is 4. The van der Waals surface area contributed by atoms with E-state index in [1.165, 1.54) is 20.8 Å². The topological polar surface area (TPSA) is 392 Å². The van der Waals surface area contributed by atoms with Crippen LogP contribution in [-0.2, 0) is 61.2 Å². The van der Waals surface area contributed by atoms with Crippen molar-refractivity contribution >= 4 is 74.9 Å². The minimum absolute atomic E-state index is 0.0285. The number of ether oxygens (including phenoxy) is 1. The molecule has 1 saturated heterocycles. The van der Waals surface area contributed by atoms with Gasteiger partial charge in [0.1, 0.15) is 42.0 Å². The Balaban J connectivity index is 1.48. The van der Waals surface area contributed by atoms with Crippen molar-refractivity contribution in [3.8, 4) is 0 Å². The minimum Gasteiger partial charge on any atom is -0.790 e. The van der Waals surface area contributed by atoms with Crippen molar-refractivity contribution in [2.45, 2.75) is 83.5 Å². The third-order valence-electron chi connectivity index (χ3n) is 8.32. The van der Waals surface area contributed by atoms with Gasteiger partial charge in [-0.2, -0.15) is 0 Å². The van der Waals surface area contributed by atoms with Crippen LogP contribution in [0.2, 0.25) is 0 Å². The monoisotopic (exact) mass is 915 g/mol. The fourth-order valence-electron chi connectivity index (χ4n) is 5.25. The molecule has 6 N–H and O–H groups in total. The minimum atomic E-state index is -5.95. The molecule has 0 saturated carbocycles. The van der Waals surface area contributed by atoms with Crippen LogP contribution in [-0.4, -0.2) is 109 Å². The standard InChI is InChI=1S/C30H48N7O18P3S/c1-5-6-7-8-18(38)13-21(40)59-12-11-32-20(39)9-10-33-28(43)25(42)29(2,3)15-52-58(49,50)55-57(47,48)51-14-19-23(54-56(44,45)46)24(41)30(4,53-19)37-17-36-22-26(31)34-16-35-27(22)37/h6-7,16-17,19,23-25,41-42H,5,8-15H2,1-4H3,(H,32,39)(H,33,43)(H,47,48)(H,49,50)(H2,31,34,35)(H2,44,45,46)/p-4. The second-order valence-corrected chi connectivity index (χ2v) is 18.8. The van der Waals surface area contributed by atoms with Crippen molar-refractivity contribution in [1.82, 2.24) is 30.2 Å². The van der Waals surface area contributed by atoms with Crippen molar-refractivity contribution in [2.75, 3.05) is 37.8 Å². The number of imidazole rings is 1. The van der Waals surface area contributed by atoms with E-state index in [1.54, 1.807) is 6.08 Å². The zero-order valence-corrected chi connectivity index (χ0v) is 35.5. The molecule has 2 aromatic rings. The molecule has 332 valence electrons. The van der Waals surface area contributed by atoms with Crippen molar-refractivity contribution < 1.29 is 85.3 Å². The number of phosphoric ester groups is 3. The Labute approximate surface area is 341 Å². The fraction of sp³-hybridized carbons (Fsp3) is 0.633. The van der Waals surface area contributed by atoms with Crippen molar-refractivity contribution in [2.24, 2.45) is 5.41 Å². The molecule has 0 spiro atoms. The van der Waals surface area contributed by atoms with Gasteiger partial charge in [0.2, 0.25) is 11.8 Å². The number of carbonyl (C=O) groups is 4. The molecule has 59 heavy (non-hydrogen) atoms. The number of amides is 2. The first kappa shape index (κ1) is 50.3. The van der Waals surface area contributed by atoms with Gasteiger partial charge in [-0.05, 0) is 13.3 Å². The SMILES string of the molecule is CCC=CCC(=O)CC(=O)SCCNC(=O)CCNC(=O)C(O)C(C)(C)COP(=O)([O-])OP(=O)([O-])OCC1OC(C)(n2cnc3c(N)ncnc32)C(O)C1OP(=O)([O-])[O-]. The number of anilines is 1. The number of allylic oxidation sites excluding steroid dienone is 2. The van der Waals surface area contributed by atoms with Gasteiger partial charge in [0.15, 0.2) is 22.3 Å². The lowest BCUT2D eigenvalue weighted by molar-refractivity contribution is -0.347. The predicted molar refractivity (Wildman–Crippen MR) is 197 cm³/mol. The summed E-state index contributed by atoms with van der Waals surface area (Å²) in [4.78, 5) is 108. The highest BCUT2D eigenvalue weighted by Crippen LogP contribution is 2.56. The Bertz CT molecular complexity index is 2000. The fourth-order valence-corrected chi connectivity index (χ4v) is 8.67. The summed E-state index contributed by atoms with van der Waals surface area (Å²) in [7, 11) is -17.7. The molecule has 0 aliphatic carbocycles. The summed E-state index contributed by atoms with van der Waals surface area (Å²) in [5.74, 6) is -1.68. The number of phosphoric acid groups is 3. The highest BCUT2D eigenvalue weighted by Gasteiger charge is 2.55. The zero-order valence-electron chi connectivity index (χ0n) is 32.0. The second-order valence-electron chi connectivity index (χ2n) is 13.6. The average Bonchev–Trinajstić information content (AvgIpc) is 3.67. The van der Waals surface area contributed by atoms with E-state index in [0.29, 0.717) is 0 Å². The number of nitrogen functional groups attached to an aromatic ring is 1. The third-order valence-corrected chi connectivity index (χ3v) is 12.2. The lowest BCUT2D eigenvalue weighted by atomic mass is 9.87. The van der Waals surface area contributed by atoms with E-state index in [4.69, 9.17) is 10.5 Å². The van der Waals surface area contributed by atoms with Crippen LogP contribution in [0, 0.1) is 5.41 Å². The Morgan fingerprint density at radius 1 is 1.08 bits per heavy atom. The zero-order chi connectivity index (χ0) is 44.4. The van der Waals surface area contributed by atoms with E-state index < -0.39 is 84.1 Å². The number of hydrogen-bond donors (Lipinski definition) is 5. The van der Waals surface area contributed by atoms with Gasteiger partial charge < -0.3 is 69.0 Å². The second kappa shape index (κ2) is 21.2. The molecule has 0 radical (unpaired) electrons. The number of thioether (sulfide) groups is 1. The maximum atomic E-state index is 12.6. The van der Waals surface area contributed by atoms with Gasteiger partial charge in [0.25, 0.3) is 15.6 Å². The molecular formula is C30H44N7O18P3S-4. The van der Waals surface area contributed by atoms with E-state index in [0.717, 1.165) is 35.4 Å². The number of hydrogen-bond acceptors (Lipinski definition) is 23. The number of nitrogens with two attached hydrogens (primary N) is 1. The highest BCUT2D eigenvalue weighted by atomic mass is 32.2. The molecule has 7 atom stereocenters. The molecule has 7 unspecified atom stereocenters. The maximum Gasteiger partial charge on any atom is 0.274 e. The molecular weight excluding hydrogens is 871 g/mol. The van der Waals surface area contributed by atoms with Crippen molar-refractivity contribution in [3.63, 3.8) is 0 Å². The molecule has 2 amide bonds. The van der Waals surface area contributed by atoms with Gasteiger partial charge in [-0.1, -0.05) is 44.7 Å². The largest absolute Gasteiger partial charge is 0.790 e. The summed E-state index contributed by atoms with van der Waals surface area (Å²) in [5.41, 5.74) is 1.97. The highest BCUT2D eigenvalue weighted by molar-refractivity contribution is 8.13. The molecule has 1 fully saturated rings. The number of aromatic nitrogens is 4. The van der Waals surface area contributed by atoms with Gasteiger partial charge in [-0.3, -0.25) is 32.9 Å². The molecule has 1 aliphatic rings. The van der Waals surface area contributed by atoms with Crippen LogP contribution >= 0.6 is 35.2 Å². The van der Waals surface area contributed by atoms with Crippen LogP contribution in [0.25, 0.3) is 11.2 Å². The van der Waals surface area contributed by atoms with Gasteiger partial charge in [-0.25, -0.2) is 19.3 Å². The number of carbonyl (C=O) groups excluding carboxylic acids is 4. The van der Waals surface area contributed by atoms with E-state index >= 15 is 0 Å². The van der Waals surface area contributed by atoms with Crippen molar-refractivity contribution in [1.29, 1.82) is 0 Å². The molecule has 25 nitrogen and oxygen atoms in total. The van der Waals surface area contributed by atoms with Crippen LogP contribution in [0.4, 0.5) is 5.82 Å². The van der Waals surface area contributed by atoms with Crippen LogP contribution in [0.3, 0.4) is 0 Å². The number of aliphatic hydroxyl groups excluding tert-OH is 2. The maximum absolute atomic E-state index is 12.6. The number of fused-ring (bicyclic) bond motifs is 1. The van der Waals surface area contributed by atoms with Gasteiger partial charge in [0.05, 0.1) is 33.8 Å². The number of nitrogens with one attached hydrogen (secondary N) is 2. The van der Waals surface area contributed by atoms with E-state index in [1.807, 2.05) is 13.0 Å². The number of ketones is 1. The predicted octanol–water partition coefficient (Wildman–Crippen LogP) is -2.37. The van der Waals surface area contributed by atoms with E-state index in [9.17, 15) is 62.7 Å². The summed E-state index contributed by atoms with van der Waals surface area (Å²) >= 11 is 0.881. The average molecular weight is 916 g/mol. The quantitative estimate of drug-likeness (QED) is 0.0318. The molecule has 1 aliphatic heterocycles. The summed E-state index contributed by atoms with van der Waals surface area (Å²) in [6, 6.07) is 0. The molecule has 0 aromatic carbocycles.